The first-order chi connectivity index (χ1) is 10.1. The monoisotopic (exact) mass is 287 g/mol. The van der Waals surface area contributed by atoms with Crippen LogP contribution in [0.25, 0.3) is 11.3 Å². The summed E-state index contributed by atoms with van der Waals surface area (Å²) < 4.78 is 11.1. The topological polar surface area (TPSA) is 56.3 Å². The van der Waals surface area contributed by atoms with Gasteiger partial charge in [-0.3, -0.25) is 0 Å². The first-order valence-corrected chi connectivity index (χ1v) is 6.91. The highest BCUT2D eigenvalue weighted by atomic mass is 16.5. The number of hydrogen-bond acceptors (Lipinski definition) is 5. The Bertz CT molecular complexity index is 642. The average molecular weight is 287 g/mol. The number of nitrogens with one attached hydrogen (secondary N) is 1. The highest BCUT2D eigenvalue weighted by Crippen LogP contribution is 2.40. The lowest BCUT2D eigenvalue weighted by molar-refractivity contribution is 0.407. The molecule has 1 aromatic carbocycles. The second-order valence-corrected chi connectivity index (χ2v) is 4.72. The molecular formula is C16H21N3O2. The summed E-state index contributed by atoms with van der Waals surface area (Å²) in [7, 11) is 3.29. The molecule has 0 radical (unpaired) electrons. The van der Waals surface area contributed by atoms with Gasteiger partial charge in [0, 0.05) is 12.1 Å². The molecule has 0 aliphatic rings. The molecule has 1 heterocycles. The van der Waals surface area contributed by atoms with Crippen molar-refractivity contribution in [1.82, 2.24) is 9.97 Å². The number of hydrogen-bond donors (Lipinski definition) is 1. The third kappa shape index (κ3) is 2.77. The van der Waals surface area contributed by atoms with Crippen molar-refractivity contribution in [2.24, 2.45) is 0 Å². The Balaban J connectivity index is 2.67. The van der Waals surface area contributed by atoms with Gasteiger partial charge in [0.25, 0.3) is 0 Å². The fourth-order valence-corrected chi connectivity index (χ4v) is 2.29. The summed E-state index contributed by atoms with van der Waals surface area (Å²) in [6.45, 7) is 6.87. The molecule has 0 saturated carbocycles. The SMILES string of the molecule is CCNc1ncnc(-c2ccc(C)c(C)c2OC)c1OC. The first-order valence-electron chi connectivity index (χ1n) is 6.91. The number of ether oxygens (including phenoxy) is 2. The van der Waals surface area contributed by atoms with E-state index >= 15 is 0 Å². The molecule has 112 valence electrons. The van der Waals surface area contributed by atoms with E-state index in [1.165, 1.54) is 11.9 Å². The van der Waals surface area contributed by atoms with Crippen LogP contribution < -0.4 is 14.8 Å². The van der Waals surface area contributed by atoms with Gasteiger partial charge in [0.1, 0.15) is 17.8 Å². The maximum Gasteiger partial charge on any atom is 0.187 e. The highest BCUT2D eigenvalue weighted by Gasteiger charge is 2.18. The van der Waals surface area contributed by atoms with Crippen molar-refractivity contribution in [1.29, 1.82) is 0 Å². The Kier molecular flexibility index (Phi) is 4.62. The van der Waals surface area contributed by atoms with Crippen molar-refractivity contribution in [3.63, 3.8) is 0 Å². The third-order valence-corrected chi connectivity index (χ3v) is 3.49. The zero-order chi connectivity index (χ0) is 15.4. The van der Waals surface area contributed by atoms with E-state index in [0.29, 0.717) is 11.6 Å². The minimum absolute atomic E-state index is 0.626. The van der Waals surface area contributed by atoms with Gasteiger partial charge in [-0.25, -0.2) is 9.97 Å². The smallest absolute Gasteiger partial charge is 0.187 e. The number of benzene rings is 1. The van der Waals surface area contributed by atoms with Gasteiger partial charge in [-0.2, -0.15) is 0 Å². The van der Waals surface area contributed by atoms with Crippen molar-refractivity contribution in [2.45, 2.75) is 20.8 Å². The lowest BCUT2D eigenvalue weighted by Crippen LogP contribution is -2.05. The summed E-state index contributed by atoms with van der Waals surface area (Å²) in [6, 6.07) is 4.06. The maximum atomic E-state index is 5.57. The lowest BCUT2D eigenvalue weighted by Gasteiger charge is -2.16. The maximum absolute atomic E-state index is 5.57. The van der Waals surface area contributed by atoms with E-state index in [9.17, 15) is 0 Å². The van der Waals surface area contributed by atoms with Crippen LogP contribution in [0.15, 0.2) is 18.5 Å². The molecule has 2 aromatic rings. The molecule has 0 spiro atoms. The van der Waals surface area contributed by atoms with Crippen molar-refractivity contribution in [3.8, 4) is 22.8 Å². The molecule has 5 nitrogen and oxygen atoms in total. The zero-order valence-electron chi connectivity index (χ0n) is 13.2. The van der Waals surface area contributed by atoms with Crippen LogP contribution in [0.2, 0.25) is 0 Å². The number of nitrogens with zero attached hydrogens (tertiary/aromatic N) is 2. The molecule has 0 aliphatic heterocycles. The van der Waals surface area contributed by atoms with Gasteiger partial charge in [-0.15, -0.1) is 0 Å². The van der Waals surface area contributed by atoms with Gasteiger partial charge in [0.15, 0.2) is 11.6 Å². The third-order valence-electron chi connectivity index (χ3n) is 3.49. The van der Waals surface area contributed by atoms with Crippen molar-refractivity contribution < 1.29 is 9.47 Å². The Morgan fingerprint density at radius 1 is 1.05 bits per heavy atom. The molecule has 2 rings (SSSR count). The van der Waals surface area contributed by atoms with E-state index in [-0.39, 0.29) is 0 Å². The van der Waals surface area contributed by atoms with E-state index in [1.807, 2.05) is 19.9 Å². The first kappa shape index (κ1) is 15.1. The van der Waals surface area contributed by atoms with E-state index < -0.39 is 0 Å². The zero-order valence-corrected chi connectivity index (χ0v) is 13.2. The molecule has 0 fully saturated rings. The van der Waals surface area contributed by atoms with Crippen LogP contribution >= 0.6 is 0 Å². The Morgan fingerprint density at radius 3 is 2.38 bits per heavy atom. The van der Waals surface area contributed by atoms with Gasteiger partial charge in [-0.05, 0) is 38.0 Å². The van der Waals surface area contributed by atoms with Gasteiger partial charge < -0.3 is 14.8 Å². The lowest BCUT2D eigenvalue weighted by atomic mass is 10.0. The minimum Gasteiger partial charge on any atom is -0.496 e. The molecule has 1 N–H and O–H groups in total. The fourth-order valence-electron chi connectivity index (χ4n) is 2.29. The summed E-state index contributed by atoms with van der Waals surface area (Å²) in [5.41, 5.74) is 3.90. The largest absolute Gasteiger partial charge is 0.496 e. The predicted molar refractivity (Wildman–Crippen MR) is 84.2 cm³/mol. The summed E-state index contributed by atoms with van der Waals surface area (Å²) in [5, 5.41) is 3.18. The number of rotatable bonds is 5. The summed E-state index contributed by atoms with van der Waals surface area (Å²) in [5.74, 6) is 2.13. The van der Waals surface area contributed by atoms with Gasteiger partial charge >= 0.3 is 0 Å². The number of aromatic nitrogens is 2. The van der Waals surface area contributed by atoms with Crippen LogP contribution in [0.4, 0.5) is 5.82 Å². The van der Waals surface area contributed by atoms with Crippen molar-refractivity contribution in [3.05, 3.63) is 29.6 Å². The second-order valence-electron chi connectivity index (χ2n) is 4.72. The van der Waals surface area contributed by atoms with Gasteiger partial charge in [0.2, 0.25) is 0 Å². The van der Waals surface area contributed by atoms with Crippen molar-refractivity contribution >= 4 is 5.82 Å². The van der Waals surface area contributed by atoms with Crippen LogP contribution in [0.5, 0.6) is 11.5 Å². The van der Waals surface area contributed by atoms with E-state index in [4.69, 9.17) is 9.47 Å². The summed E-state index contributed by atoms with van der Waals surface area (Å²) >= 11 is 0. The Labute approximate surface area is 125 Å². The minimum atomic E-state index is 0.626. The molecule has 0 saturated heterocycles. The quantitative estimate of drug-likeness (QED) is 0.915. The number of anilines is 1. The van der Waals surface area contributed by atoms with Crippen LogP contribution in [-0.2, 0) is 0 Å². The molecule has 0 atom stereocenters. The average Bonchev–Trinajstić information content (AvgIpc) is 2.50. The number of aryl methyl sites for hydroxylation is 1. The normalized spacial score (nSPS) is 10.3. The van der Waals surface area contributed by atoms with Crippen LogP contribution in [0, 0.1) is 13.8 Å². The van der Waals surface area contributed by atoms with E-state index in [0.717, 1.165) is 29.1 Å². The standard InChI is InChI=1S/C16H21N3O2/c1-6-17-16-15(21-5)13(18-9-19-16)12-8-7-10(2)11(3)14(12)20-4/h7-9H,6H2,1-5H3,(H,17,18,19). The molecular weight excluding hydrogens is 266 g/mol. The van der Waals surface area contributed by atoms with Crippen LogP contribution in [-0.4, -0.2) is 30.7 Å². The second kappa shape index (κ2) is 6.43. The predicted octanol–water partition coefficient (Wildman–Crippen LogP) is 3.21. The molecule has 0 bridgehead atoms. The van der Waals surface area contributed by atoms with E-state index in [2.05, 4.69) is 28.3 Å². The number of methoxy groups -OCH3 is 2. The van der Waals surface area contributed by atoms with Gasteiger partial charge in [0.05, 0.1) is 14.2 Å². The highest BCUT2D eigenvalue weighted by molar-refractivity contribution is 5.78. The van der Waals surface area contributed by atoms with Gasteiger partial charge in [-0.1, -0.05) is 6.07 Å². The summed E-state index contributed by atoms with van der Waals surface area (Å²) in [4.78, 5) is 8.62. The van der Waals surface area contributed by atoms with Crippen molar-refractivity contribution in [2.75, 3.05) is 26.1 Å². The Morgan fingerprint density at radius 2 is 1.76 bits per heavy atom. The summed E-state index contributed by atoms with van der Waals surface area (Å²) in [6.07, 6.45) is 1.53. The molecule has 0 unspecified atom stereocenters. The molecule has 21 heavy (non-hydrogen) atoms. The fraction of sp³-hybridized carbons (Fsp3) is 0.375. The Hall–Kier alpha value is -2.30. The van der Waals surface area contributed by atoms with Crippen LogP contribution in [0.3, 0.4) is 0 Å². The molecule has 0 aliphatic carbocycles. The molecule has 0 amide bonds. The molecule has 5 heteroatoms. The molecule has 1 aromatic heterocycles. The van der Waals surface area contributed by atoms with Crippen LogP contribution in [0.1, 0.15) is 18.1 Å². The van der Waals surface area contributed by atoms with E-state index in [1.54, 1.807) is 14.2 Å².